The van der Waals surface area contributed by atoms with Crippen LogP contribution in [0.2, 0.25) is 0 Å². The monoisotopic (exact) mass is 504 g/mol. The van der Waals surface area contributed by atoms with Gasteiger partial charge in [-0.3, -0.25) is 0 Å². The van der Waals surface area contributed by atoms with Crippen molar-refractivity contribution in [1.82, 2.24) is 19.3 Å². The average Bonchev–Trinajstić information content (AvgIpc) is 3.15. The van der Waals surface area contributed by atoms with Crippen LogP contribution < -0.4 is 4.72 Å². The number of aromatic nitrogens is 3. The summed E-state index contributed by atoms with van der Waals surface area (Å²) in [4.78, 5) is 3.87. The predicted molar refractivity (Wildman–Crippen MR) is 115 cm³/mol. The van der Waals surface area contributed by atoms with E-state index in [1.807, 2.05) is 0 Å². The van der Waals surface area contributed by atoms with Gasteiger partial charge in [0.2, 0.25) is 15.0 Å². The SMILES string of the molecule is Cc1nc2sc(C(C)(C)O)nn2c1-c1ccc(C(F)(F)F)c(S(=O)(=O)N[C@]2(C)C[C@H](O)C2)c1. The van der Waals surface area contributed by atoms with Crippen LogP contribution in [0.25, 0.3) is 16.2 Å². The lowest BCUT2D eigenvalue weighted by Gasteiger charge is -2.42. The molecular formula is C20H23F3N4O4S2. The van der Waals surface area contributed by atoms with Gasteiger partial charge in [-0.15, -0.1) is 0 Å². The van der Waals surface area contributed by atoms with E-state index < -0.39 is 43.9 Å². The molecule has 3 N–H and O–H groups in total. The highest BCUT2D eigenvalue weighted by Gasteiger charge is 2.45. The molecule has 0 bridgehead atoms. The third kappa shape index (κ3) is 4.39. The van der Waals surface area contributed by atoms with Crippen LogP contribution in [-0.4, -0.2) is 44.9 Å². The van der Waals surface area contributed by atoms with E-state index in [0.717, 1.165) is 23.5 Å². The van der Waals surface area contributed by atoms with Crippen LogP contribution in [0.15, 0.2) is 23.1 Å². The summed E-state index contributed by atoms with van der Waals surface area (Å²) >= 11 is 1.13. The van der Waals surface area contributed by atoms with Gasteiger partial charge in [-0.1, -0.05) is 17.4 Å². The van der Waals surface area contributed by atoms with E-state index in [0.29, 0.717) is 21.4 Å². The fraction of sp³-hybridized carbons (Fsp3) is 0.500. The van der Waals surface area contributed by atoms with Gasteiger partial charge in [0.15, 0.2) is 0 Å². The van der Waals surface area contributed by atoms with Crippen LogP contribution in [0, 0.1) is 6.92 Å². The Kier molecular flexibility index (Phi) is 5.45. The first kappa shape index (κ1) is 24.1. The minimum absolute atomic E-state index is 0.105. The topological polar surface area (TPSA) is 117 Å². The van der Waals surface area contributed by atoms with Crippen molar-refractivity contribution in [3.8, 4) is 11.3 Å². The van der Waals surface area contributed by atoms with Crippen molar-refractivity contribution in [2.75, 3.05) is 0 Å². The first-order chi connectivity index (χ1) is 15.0. The van der Waals surface area contributed by atoms with Gasteiger partial charge < -0.3 is 10.2 Å². The van der Waals surface area contributed by atoms with Crippen molar-refractivity contribution < 1.29 is 31.8 Å². The summed E-state index contributed by atoms with van der Waals surface area (Å²) in [6.45, 7) is 6.27. The van der Waals surface area contributed by atoms with Gasteiger partial charge in [0, 0.05) is 11.1 Å². The van der Waals surface area contributed by atoms with Gasteiger partial charge in [0.1, 0.15) is 10.6 Å². The Labute approximate surface area is 192 Å². The molecule has 1 aliphatic carbocycles. The number of aryl methyl sites for hydroxylation is 1. The predicted octanol–water partition coefficient (Wildman–Crippen LogP) is 3.20. The number of aliphatic hydroxyl groups is 2. The molecule has 33 heavy (non-hydrogen) atoms. The molecule has 3 aromatic rings. The second kappa shape index (κ2) is 7.47. The standard InChI is InChI=1S/C20H23F3N4O4S2/c1-10-15(27-17(24-10)32-16(25-27)18(2,3)29)11-5-6-13(20(21,22)23)14(7-11)33(30,31)26-19(4)8-12(28)9-19/h5-7,12,26,28-29H,8-9H2,1-4H3/t12-,19+. The maximum atomic E-state index is 13.7. The highest BCUT2D eigenvalue weighted by Crippen LogP contribution is 2.40. The number of nitrogens with zero attached hydrogens (tertiary/aromatic N) is 3. The number of rotatable bonds is 5. The van der Waals surface area contributed by atoms with Crippen LogP contribution in [0.4, 0.5) is 13.2 Å². The molecule has 180 valence electrons. The summed E-state index contributed by atoms with van der Waals surface area (Å²) < 4.78 is 71.0. The highest BCUT2D eigenvalue weighted by molar-refractivity contribution is 7.89. The largest absolute Gasteiger partial charge is 0.417 e. The van der Waals surface area contributed by atoms with E-state index in [1.54, 1.807) is 20.8 Å². The lowest BCUT2D eigenvalue weighted by molar-refractivity contribution is -0.139. The third-order valence-electron chi connectivity index (χ3n) is 5.50. The Balaban J connectivity index is 1.87. The number of hydrogen-bond donors (Lipinski definition) is 3. The first-order valence-corrected chi connectivity index (χ1v) is 12.3. The zero-order valence-corrected chi connectivity index (χ0v) is 19.9. The maximum absolute atomic E-state index is 13.7. The van der Waals surface area contributed by atoms with E-state index >= 15 is 0 Å². The van der Waals surface area contributed by atoms with Crippen LogP contribution in [0.1, 0.15) is 49.9 Å². The maximum Gasteiger partial charge on any atom is 0.417 e. The van der Waals surface area contributed by atoms with E-state index in [4.69, 9.17) is 0 Å². The molecule has 1 fully saturated rings. The fourth-order valence-corrected chi connectivity index (χ4v) is 6.62. The smallest absolute Gasteiger partial charge is 0.393 e. The van der Waals surface area contributed by atoms with Crippen molar-refractivity contribution in [2.45, 2.75) is 68.9 Å². The summed E-state index contributed by atoms with van der Waals surface area (Å²) in [5, 5.41) is 24.5. The lowest BCUT2D eigenvalue weighted by atomic mass is 9.77. The Morgan fingerprint density at radius 2 is 1.91 bits per heavy atom. The molecule has 4 rings (SSSR count). The summed E-state index contributed by atoms with van der Waals surface area (Å²) in [7, 11) is -4.58. The molecule has 8 nitrogen and oxygen atoms in total. The van der Waals surface area contributed by atoms with E-state index in [2.05, 4.69) is 14.8 Å². The molecule has 0 aliphatic heterocycles. The minimum atomic E-state index is -4.90. The van der Waals surface area contributed by atoms with Crippen molar-refractivity contribution in [2.24, 2.45) is 0 Å². The molecule has 0 radical (unpaired) electrons. The molecule has 2 heterocycles. The zero-order chi connectivity index (χ0) is 24.6. The molecule has 0 amide bonds. The average molecular weight is 505 g/mol. The van der Waals surface area contributed by atoms with Gasteiger partial charge in [-0.2, -0.15) is 18.3 Å². The first-order valence-electron chi connectivity index (χ1n) is 10.0. The van der Waals surface area contributed by atoms with Crippen molar-refractivity contribution in [1.29, 1.82) is 0 Å². The molecule has 1 saturated carbocycles. The fourth-order valence-electron chi connectivity index (χ4n) is 4.00. The second-order valence-electron chi connectivity index (χ2n) is 9.14. The van der Waals surface area contributed by atoms with Gasteiger partial charge in [0.25, 0.3) is 0 Å². The number of alkyl halides is 3. The molecular weight excluding hydrogens is 481 g/mol. The molecule has 1 aromatic carbocycles. The summed E-state index contributed by atoms with van der Waals surface area (Å²) in [6, 6.07) is 2.86. The number of hydrogen-bond acceptors (Lipinski definition) is 7. The van der Waals surface area contributed by atoms with Crippen molar-refractivity contribution in [3.63, 3.8) is 0 Å². The lowest BCUT2D eigenvalue weighted by Crippen LogP contribution is -2.57. The van der Waals surface area contributed by atoms with Gasteiger partial charge in [-0.25, -0.2) is 22.6 Å². The Hall–Kier alpha value is -2.06. The Bertz CT molecular complexity index is 1330. The van der Waals surface area contributed by atoms with Crippen LogP contribution in [-0.2, 0) is 21.8 Å². The molecule has 2 aromatic heterocycles. The molecule has 0 saturated heterocycles. The number of halogens is 3. The molecule has 0 spiro atoms. The number of sulfonamides is 1. The van der Waals surface area contributed by atoms with Crippen molar-refractivity contribution in [3.05, 3.63) is 34.5 Å². The number of benzene rings is 1. The Morgan fingerprint density at radius 1 is 1.27 bits per heavy atom. The third-order valence-corrected chi connectivity index (χ3v) is 8.40. The summed E-state index contributed by atoms with van der Waals surface area (Å²) in [5.74, 6) is 0. The molecule has 1 aliphatic rings. The summed E-state index contributed by atoms with van der Waals surface area (Å²) in [5.41, 5.74) is -2.63. The highest BCUT2D eigenvalue weighted by atomic mass is 32.2. The van der Waals surface area contributed by atoms with Crippen LogP contribution >= 0.6 is 11.3 Å². The van der Waals surface area contributed by atoms with Gasteiger partial charge in [-0.05, 0) is 52.7 Å². The minimum Gasteiger partial charge on any atom is -0.393 e. The number of aliphatic hydroxyl groups excluding tert-OH is 1. The normalized spacial score (nSPS) is 22.0. The van der Waals surface area contributed by atoms with Crippen molar-refractivity contribution >= 4 is 26.3 Å². The van der Waals surface area contributed by atoms with Gasteiger partial charge >= 0.3 is 6.18 Å². The van der Waals surface area contributed by atoms with Crippen LogP contribution in [0.5, 0.6) is 0 Å². The van der Waals surface area contributed by atoms with E-state index in [-0.39, 0.29) is 18.4 Å². The number of imidazole rings is 1. The number of nitrogens with one attached hydrogen (secondary N) is 1. The number of fused-ring (bicyclic) bond motifs is 1. The zero-order valence-electron chi connectivity index (χ0n) is 18.2. The van der Waals surface area contributed by atoms with E-state index in [9.17, 15) is 31.8 Å². The van der Waals surface area contributed by atoms with Gasteiger partial charge in [0.05, 0.1) is 28.0 Å². The molecule has 13 heteroatoms. The molecule has 0 unspecified atom stereocenters. The Morgan fingerprint density at radius 3 is 2.45 bits per heavy atom. The molecule has 0 atom stereocenters. The van der Waals surface area contributed by atoms with Crippen LogP contribution in [0.3, 0.4) is 0 Å². The van der Waals surface area contributed by atoms with E-state index in [1.165, 1.54) is 17.5 Å². The summed E-state index contributed by atoms with van der Waals surface area (Å²) in [6.07, 6.45) is -5.40. The second-order valence-corrected chi connectivity index (χ2v) is 11.8. The quantitative estimate of drug-likeness (QED) is 0.491.